The molecule has 149 heavy (non-hydrogen) atoms. The molecule has 0 saturated heterocycles. The van der Waals surface area contributed by atoms with Gasteiger partial charge in [-0.25, -0.2) is 29.9 Å². The van der Waals surface area contributed by atoms with Crippen molar-refractivity contribution in [1.82, 2.24) is 48.2 Å². The molecule has 11 heterocycles. The number of nitrogens with zero attached hydrogens (tertiary/aromatic N) is 10. The first-order valence-corrected chi connectivity index (χ1v) is 61.4. The van der Waals surface area contributed by atoms with Gasteiger partial charge in [0.1, 0.15) is 24.2 Å². The number of thiophene rings is 1. The van der Waals surface area contributed by atoms with Gasteiger partial charge in [0.05, 0.1) is 78.3 Å². The molecule has 0 radical (unpaired) electrons. The molecule has 0 saturated carbocycles. The maximum absolute atomic E-state index is 5.51. The quantitative estimate of drug-likeness (QED) is 0.127. The van der Waals surface area contributed by atoms with E-state index in [-0.39, 0.29) is 5.41 Å². The number of hydrogen-bond acceptors (Lipinski definition) is 7. The van der Waals surface area contributed by atoms with E-state index in [1.54, 1.807) is 0 Å². The molecule has 10 nitrogen and oxygen atoms in total. The van der Waals surface area contributed by atoms with Gasteiger partial charge in [0.15, 0.2) is 17.5 Å². The third-order valence-corrected chi connectivity index (χ3v) is 43.6. The molecule has 706 valence electrons. The van der Waals surface area contributed by atoms with Gasteiger partial charge in [0.25, 0.3) is 0 Å². The van der Waals surface area contributed by atoms with Crippen molar-refractivity contribution in [2.45, 2.75) is 58.5 Å². The highest BCUT2D eigenvalue weighted by molar-refractivity contribution is 7.26. The fourth-order valence-corrected chi connectivity index (χ4v) is 35.2. The van der Waals surface area contributed by atoms with Crippen molar-refractivity contribution < 1.29 is 0 Å². The fraction of sp³-hybridized carbons (Fsp3) is 0.0667. The van der Waals surface area contributed by atoms with E-state index in [2.05, 4.69) is 520 Å². The predicted molar refractivity (Wildman–Crippen MR) is 633 cm³/mol. The maximum atomic E-state index is 5.51. The van der Waals surface area contributed by atoms with E-state index in [0.29, 0.717) is 0 Å². The van der Waals surface area contributed by atoms with Gasteiger partial charge in [0.2, 0.25) is 0 Å². The van der Waals surface area contributed by atoms with Crippen molar-refractivity contribution in [2.75, 3.05) is 0 Å². The third-order valence-electron chi connectivity index (χ3n) is 32.4. The van der Waals surface area contributed by atoms with Crippen molar-refractivity contribution in [1.29, 1.82) is 0 Å². The molecule has 0 atom stereocenters. The Balaban J connectivity index is 0.000000105. The van der Waals surface area contributed by atoms with E-state index in [9.17, 15) is 0 Å². The highest BCUT2D eigenvalue weighted by Gasteiger charge is 2.46. The number of hydrogen-bond donors (Lipinski definition) is 0. The first kappa shape index (κ1) is 88.0. The average molecular weight is 1980 g/mol. The number of benzene rings is 19. The summed E-state index contributed by atoms with van der Waals surface area (Å²) < 4.78 is 12.4. The van der Waals surface area contributed by atoms with Crippen LogP contribution in [0.15, 0.2) is 449 Å². The first-order chi connectivity index (χ1) is 73.0. The molecule has 31 rings (SSSR count). The lowest BCUT2D eigenvalue weighted by Crippen LogP contribution is -2.50. The summed E-state index contributed by atoms with van der Waals surface area (Å²) in [5.74, 6) is 2.35. The SMILES string of the molecule is CC1(C)c2ccccc2-c2cc3c4ccccc4n(-c4ccccc4-c4nc(-c5ccccc5)nc5c4-c4ccccc4[Si]5(C)C)c3cc21.C[Si]1(C)c2ccccc2-c2c(-c3ccccc3-n3c4ccccc4c4cc5c(cc43)sc3ccccc35)nc(-c3ccccc3)nc21.C[Si]1(C)c2ccccc2-c2c(-c3ccccc3-n3c4ccccc4c4cc5c6ccccc6n(-c6ccccc6)c5cc43)nc(-c3ccccc3)nc21. The summed E-state index contributed by atoms with van der Waals surface area (Å²) in [5, 5.41) is 20.6. The monoisotopic (exact) mass is 1970 g/mol. The zero-order valence-corrected chi connectivity index (χ0v) is 87.4. The molecule has 14 heteroatoms. The van der Waals surface area contributed by atoms with Crippen LogP contribution in [0, 0.1) is 0 Å². The van der Waals surface area contributed by atoms with Crippen molar-refractivity contribution in [3.05, 3.63) is 460 Å². The summed E-state index contributed by atoms with van der Waals surface area (Å²) in [6.07, 6.45) is 0. The second-order valence-electron chi connectivity index (χ2n) is 42.2. The number of fused-ring (bicyclic) bond motifs is 27. The Bertz CT molecular complexity index is 10300. The highest BCUT2D eigenvalue weighted by atomic mass is 32.1. The van der Waals surface area contributed by atoms with E-state index < -0.39 is 24.2 Å². The second kappa shape index (κ2) is 33.5. The largest absolute Gasteiger partial charge is 0.309 e. The van der Waals surface area contributed by atoms with Gasteiger partial charge in [-0.2, -0.15) is 0 Å². The van der Waals surface area contributed by atoms with Crippen LogP contribution in [0.4, 0.5) is 0 Å². The van der Waals surface area contributed by atoms with Gasteiger partial charge < -0.3 is 18.3 Å². The minimum atomic E-state index is -2.13. The third kappa shape index (κ3) is 13.3. The molecule has 0 unspecified atom stereocenters. The lowest BCUT2D eigenvalue weighted by Gasteiger charge is -2.22. The fourth-order valence-electron chi connectivity index (χ4n) is 25.4. The molecule has 0 fully saturated rings. The molecule has 4 aliphatic rings. The van der Waals surface area contributed by atoms with Crippen LogP contribution >= 0.6 is 11.3 Å². The van der Waals surface area contributed by atoms with Crippen molar-refractivity contribution in [3.8, 4) is 135 Å². The van der Waals surface area contributed by atoms with Gasteiger partial charge in [-0.3, -0.25) is 0 Å². The minimum absolute atomic E-state index is 0.0983. The van der Waals surface area contributed by atoms with Crippen molar-refractivity contribution in [3.63, 3.8) is 0 Å². The molecule has 0 N–H and O–H groups in total. The Labute approximate surface area is 869 Å². The van der Waals surface area contributed by atoms with Crippen molar-refractivity contribution >= 4 is 174 Å². The minimum Gasteiger partial charge on any atom is -0.309 e. The predicted octanol–water partition coefficient (Wildman–Crippen LogP) is 30.9. The smallest absolute Gasteiger partial charge is 0.159 e. The Hall–Kier alpha value is -17.5. The molecule has 19 aromatic carbocycles. The molecule has 27 aromatic rings. The standard InChI is InChI=1S/C48H34N4Si.C45H35N3Si.C42H29N3SSi/c1-53(2)44-28-16-12-24-36(44)45-46(49-47(50-48(45)53)31-17-5-3-6-18-31)35-23-11-15-27-41(35)52-40-26-14-10-22-34(40)38-29-37-33-21-9-13-25-39(33)51(42(37)30-43(38)52)32-19-7-4-8-20-32;1-45(2)35-22-12-8-18-29(35)33-26-34-30-19-9-13-23-37(30)48(39(34)27-36(33)45)38-24-14-10-20-31(38)42-41-32-21-11-15-25-40(32)49(3,4)44(41)47-43(46-42)28-16-6-5-7-17-28;1-47(2)38-23-13-9-19-30(38)39-40(43-41(44-42(39)47)26-14-4-3-5-15-26)29-18-7-11-21-34(29)45-33-20-10-6-16-27(33)31-24-32-28-17-8-12-22-36(28)46-37(32)25-35(31)45/h3-30H,1-2H3;5-27H,1-4H3;3-25H,1-2H3. The second-order valence-corrected chi connectivity index (χ2v) is 56.1. The van der Waals surface area contributed by atoms with Crippen LogP contribution in [0.1, 0.15) is 25.0 Å². The van der Waals surface area contributed by atoms with Crippen LogP contribution in [0.25, 0.3) is 243 Å². The summed E-state index contributed by atoms with van der Waals surface area (Å²) in [7, 11) is -6.31. The summed E-state index contributed by atoms with van der Waals surface area (Å²) in [6.45, 7) is 19.3. The van der Waals surface area contributed by atoms with E-state index >= 15 is 0 Å². The molecular formula is C135H98N10SSi3. The van der Waals surface area contributed by atoms with E-state index in [1.807, 2.05) is 11.3 Å². The highest BCUT2D eigenvalue weighted by Crippen LogP contribution is 2.54. The molecule has 8 aromatic heterocycles. The van der Waals surface area contributed by atoms with Gasteiger partial charge in [-0.1, -0.05) is 405 Å². The molecule has 0 amide bonds. The van der Waals surface area contributed by atoms with Crippen LogP contribution in [0.5, 0.6) is 0 Å². The summed E-state index contributed by atoms with van der Waals surface area (Å²) in [6, 6.07) is 163. The lowest BCUT2D eigenvalue weighted by atomic mass is 9.82. The van der Waals surface area contributed by atoms with Crippen LogP contribution in [-0.4, -0.2) is 72.4 Å². The van der Waals surface area contributed by atoms with Crippen LogP contribution in [0.3, 0.4) is 0 Å². The Morgan fingerprint density at radius 2 is 0.510 bits per heavy atom. The molecule has 0 bridgehead atoms. The molecule has 3 aliphatic heterocycles. The van der Waals surface area contributed by atoms with Crippen LogP contribution in [-0.2, 0) is 5.41 Å². The normalized spacial score (nSPS) is 13.9. The van der Waals surface area contributed by atoms with Crippen LogP contribution in [0.2, 0.25) is 39.3 Å². The van der Waals surface area contributed by atoms with E-state index in [0.717, 1.165) is 96.2 Å². The van der Waals surface area contributed by atoms with Crippen molar-refractivity contribution in [2.24, 2.45) is 0 Å². The summed E-state index contributed by atoms with van der Waals surface area (Å²) in [4.78, 5) is 32.6. The maximum Gasteiger partial charge on any atom is 0.159 e. The molecule has 1 aliphatic carbocycles. The zero-order chi connectivity index (χ0) is 99.6. The Kier molecular flexibility index (Phi) is 19.8. The Morgan fingerprint density at radius 3 is 0.926 bits per heavy atom. The van der Waals surface area contributed by atoms with E-state index in [1.165, 1.54) is 189 Å². The molecule has 0 spiro atoms. The average Bonchev–Trinajstić information content (AvgIpc) is 1.54. The van der Waals surface area contributed by atoms with Crippen LogP contribution < -0.4 is 31.5 Å². The van der Waals surface area contributed by atoms with E-state index in [4.69, 9.17) is 29.9 Å². The molecular weight excluding hydrogens is 1880 g/mol. The van der Waals surface area contributed by atoms with Gasteiger partial charge in [0, 0.05) is 140 Å². The topological polar surface area (TPSA) is 97.1 Å². The summed E-state index contributed by atoms with van der Waals surface area (Å²) in [5.41, 5.74) is 36.2. The first-order valence-electron chi connectivity index (χ1n) is 51.6. The number of aromatic nitrogens is 10. The van der Waals surface area contributed by atoms with Gasteiger partial charge in [-0.05, 0) is 152 Å². The number of rotatable bonds is 10. The van der Waals surface area contributed by atoms with Gasteiger partial charge in [-0.15, -0.1) is 11.3 Å². The lowest BCUT2D eigenvalue weighted by molar-refractivity contribution is 0.661. The Morgan fingerprint density at radius 1 is 0.208 bits per heavy atom. The number of para-hydroxylation sites is 8. The van der Waals surface area contributed by atoms with Gasteiger partial charge >= 0.3 is 0 Å². The summed E-state index contributed by atoms with van der Waals surface area (Å²) >= 11 is 1.87. The zero-order valence-electron chi connectivity index (χ0n) is 83.6.